The van der Waals surface area contributed by atoms with Crippen LogP contribution < -0.4 is 9.47 Å². The zero-order valence-corrected chi connectivity index (χ0v) is 22.2. The van der Waals surface area contributed by atoms with E-state index in [1.165, 1.54) is 13.2 Å². The Hall–Kier alpha value is -2.43. The summed E-state index contributed by atoms with van der Waals surface area (Å²) in [6.45, 7) is 1.54. The third kappa shape index (κ3) is 6.10. The normalized spacial score (nSPS) is 17.2. The predicted octanol–water partition coefficient (Wildman–Crippen LogP) is 5.13. The number of amides is 3. The molecule has 2 aromatic carbocycles. The summed E-state index contributed by atoms with van der Waals surface area (Å²) in [5.74, 6) is -0.208. The molecule has 0 unspecified atom stereocenters. The molecule has 190 valence electrons. The zero-order chi connectivity index (χ0) is 25.8. The van der Waals surface area contributed by atoms with Gasteiger partial charge in [0.15, 0.2) is 11.5 Å². The largest absolute Gasteiger partial charge is 0.493 e. The monoisotopic (exact) mass is 570 g/mol. The number of hydrogen-bond acceptors (Lipinski definition) is 7. The molecule has 0 saturated carbocycles. The molecule has 2 aliphatic heterocycles. The molecule has 0 aliphatic carbocycles. The number of nitrogens with zero attached hydrogens (tertiary/aromatic N) is 2. The van der Waals surface area contributed by atoms with Gasteiger partial charge in [-0.2, -0.15) is 0 Å². The summed E-state index contributed by atoms with van der Waals surface area (Å²) in [4.78, 5) is 40.5. The average Bonchev–Trinajstić information content (AvgIpc) is 3.11. The minimum Gasteiger partial charge on any atom is -0.493 e. The summed E-state index contributed by atoms with van der Waals surface area (Å²) in [6.07, 6.45) is 1.53. The number of rotatable bonds is 7. The third-order valence-corrected chi connectivity index (χ3v) is 7.24. The first-order chi connectivity index (χ1) is 17.3. The summed E-state index contributed by atoms with van der Waals surface area (Å²) in [7, 11) is 1.46. The average molecular weight is 572 g/mol. The Kier molecular flexibility index (Phi) is 8.69. The van der Waals surface area contributed by atoms with Crippen LogP contribution in [0.15, 0.2) is 35.2 Å². The van der Waals surface area contributed by atoms with Gasteiger partial charge in [0.05, 0.1) is 30.3 Å². The van der Waals surface area contributed by atoms with Gasteiger partial charge in [0.2, 0.25) is 5.91 Å². The van der Waals surface area contributed by atoms with E-state index in [4.69, 9.17) is 49.0 Å². The fourth-order valence-corrected chi connectivity index (χ4v) is 5.16. The van der Waals surface area contributed by atoms with Gasteiger partial charge in [-0.25, -0.2) is 0 Å². The van der Waals surface area contributed by atoms with E-state index >= 15 is 0 Å². The van der Waals surface area contributed by atoms with Crippen LogP contribution in [0.4, 0.5) is 4.79 Å². The zero-order valence-electron chi connectivity index (χ0n) is 19.1. The summed E-state index contributed by atoms with van der Waals surface area (Å²) >= 11 is 19.4. The lowest BCUT2D eigenvalue weighted by molar-refractivity contribution is -0.139. The van der Waals surface area contributed by atoms with Gasteiger partial charge in [-0.3, -0.25) is 19.3 Å². The highest BCUT2D eigenvalue weighted by Gasteiger charge is 2.37. The van der Waals surface area contributed by atoms with Crippen molar-refractivity contribution in [3.8, 4) is 11.5 Å². The van der Waals surface area contributed by atoms with Crippen LogP contribution in [0, 0.1) is 0 Å². The number of ether oxygens (including phenoxy) is 3. The van der Waals surface area contributed by atoms with Crippen LogP contribution in [0.3, 0.4) is 0 Å². The number of morpholine rings is 1. The molecule has 0 aromatic heterocycles. The molecule has 2 aromatic rings. The number of hydrogen-bond donors (Lipinski definition) is 0. The molecule has 0 atom stereocenters. The highest BCUT2D eigenvalue weighted by Crippen LogP contribution is 2.39. The lowest BCUT2D eigenvalue weighted by atomic mass is 10.1. The molecule has 2 heterocycles. The summed E-state index contributed by atoms with van der Waals surface area (Å²) in [6, 6.07) is 8.30. The second-order valence-corrected chi connectivity index (χ2v) is 10.1. The van der Waals surface area contributed by atoms with Crippen LogP contribution in [-0.4, -0.2) is 66.8 Å². The van der Waals surface area contributed by atoms with Crippen molar-refractivity contribution < 1.29 is 28.6 Å². The van der Waals surface area contributed by atoms with Gasteiger partial charge >= 0.3 is 0 Å². The Bertz CT molecular complexity index is 1230. The molecule has 2 saturated heterocycles. The minimum absolute atomic E-state index is 0.126. The Morgan fingerprint density at radius 3 is 2.56 bits per heavy atom. The Labute approximate surface area is 227 Å². The molecule has 0 N–H and O–H groups in total. The molecule has 0 spiro atoms. The van der Waals surface area contributed by atoms with Crippen LogP contribution in [-0.2, 0) is 20.9 Å². The maximum atomic E-state index is 12.9. The van der Waals surface area contributed by atoms with Crippen molar-refractivity contribution in [3.05, 3.63) is 61.4 Å². The Morgan fingerprint density at radius 2 is 1.86 bits per heavy atom. The molecule has 4 rings (SSSR count). The number of carbonyl (C=O) groups excluding carboxylic acids is 3. The molecule has 12 heteroatoms. The summed E-state index contributed by atoms with van der Waals surface area (Å²) < 4.78 is 16.5. The number of thioether (sulfide) groups is 1. The molecule has 8 nitrogen and oxygen atoms in total. The summed E-state index contributed by atoms with van der Waals surface area (Å²) in [5.41, 5.74) is 1.24. The van der Waals surface area contributed by atoms with Crippen molar-refractivity contribution in [1.29, 1.82) is 0 Å². The number of benzene rings is 2. The first-order valence-corrected chi connectivity index (χ1v) is 12.8. The van der Waals surface area contributed by atoms with Gasteiger partial charge in [-0.15, -0.1) is 0 Å². The van der Waals surface area contributed by atoms with Crippen LogP contribution in [0.2, 0.25) is 15.1 Å². The molecule has 2 fully saturated rings. The van der Waals surface area contributed by atoms with Crippen LogP contribution in [0.25, 0.3) is 6.08 Å². The van der Waals surface area contributed by atoms with E-state index in [-0.39, 0.29) is 29.0 Å². The van der Waals surface area contributed by atoms with Gasteiger partial charge in [-0.05, 0) is 47.7 Å². The second kappa shape index (κ2) is 11.7. The van der Waals surface area contributed by atoms with Crippen LogP contribution >= 0.6 is 46.6 Å². The van der Waals surface area contributed by atoms with Gasteiger partial charge in [-0.1, -0.05) is 40.9 Å². The van der Waals surface area contributed by atoms with E-state index in [0.29, 0.717) is 59.0 Å². The van der Waals surface area contributed by atoms with Crippen molar-refractivity contribution in [2.75, 3.05) is 40.0 Å². The van der Waals surface area contributed by atoms with Gasteiger partial charge in [0, 0.05) is 28.7 Å². The lowest BCUT2D eigenvalue weighted by Crippen LogP contribution is -2.46. The van der Waals surface area contributed by atoms with Crippen LogP contribution in [0.5, 0.6) is 11.5 Å². The second-order valence-electron chi connectivity index (χ2n) is 7.82. The van der Waals surface area contributed by atoms with Gasteiger partial charge in [0.25, 0.3) is 11.1 Å². The minimum atomic E-state index is -0.542. The predicted molar refractivity (Wildman–Crippen MR) is 139 cm³/mol. The number of halogens is 3. The molecular weight excluding hydrogens is 551 g/mol. The molecule has 3 amide bonds. The lowest BCUT2D eigenvalue weighted by Gasteiger charge is -2.28. The molecular formula is C24H21Cl3N2O6S. The smallest absolute Gasteiger partial charge is 0.294 e. The van der Waals surface area contributed by atoms with Crippen molar-refractivity contribution in [2.24, 2.45) is 0 Å². The standard InChI is InChI=1S/C24H21Cl3N2O6S/c1-33-19-9-14(8-18(27)22(19)35-13-15-2-3-16(25)11-17(15)26)10-20-23(31)29(24(32)36-20)12-21(30)28-4-6-34-7-5-28/h2-3,8-11H,4-7,12-13H2,1H3/b20-10+. The molecule has 0 bridgehead atoms. The third-order valence-electron chi connectivity index (χ3n) is 5.47. The highest BCUT2D eigenvalue weighted by molar-refractivity contribution is 8.18. The van der Waals surface area contributed by atoms with E-state index in [0.717, 1.165) is 16.7 Å². The van der Waals surface area contributed by atoms with E-state index in [1.54, 1.807) is 35.2 Å². The van der Waals surface area contributed by atoms with Gasteiger partial charge in [0.1, 0.15) is 13.2 Å². The van der Waals surface area contributed by atoms with Crippen LogP contribution in [0.1, 0.15) is 11.1 Å². The van der Waals surface area contributed by atoms with Crippen molar-refractivity contribution in [3.63, 3.8) is 0 Å². The molecule has 2 aliphatic rings. The Balaban J connectivity index is 1.49. The van der Waals surface area contributed by atoms with E-state index in [1.807, 2.05) is 0 Å². The topological polar surface area (TPSA) is 85.4 Å². The van der Waals surface area contributed by atoms with Crippen molar-refractivity contribution in [1.82, 2.24) is 9.80 Å². The first kappa shape index (κ1) is 26.6. The number of carbonyl (C=O) groups is 3. The number of imide groups is 1. The fourth-order valence-electron chi connectivity index (χ4n) is 3.59. The first-order valence-electron chi connectivity index (χ1n) is 10.8. The maximum Gasteiger partial charge on any atom is 0.294 e. The van der Waals surface area contributed by atoms with E-state index < -0.39 is 11.1 Å². The maximum absolute atomic E-state index is 12.9. The highest BCUT2D eigenvalue weighted by atomic mass is 35.5. The van der Waals surface area contributed by atoms with Crippen molar-refractivity contribution in [2.45, 2.75) is 6.61 Å². The van der Waals surface area contributed by atoms with E-state index in [2.05, 4.69) is 0 Å². The SMILES string of the molecule is COc1cc(/C=C2/SC(=O)N(CC(=O)N3CCOCC3)C2=O)cc(Cl)c1OCc1ccc(Cl)cc1Cl. The van der Waals surface area contributed by atoms with Gasteiger partial charge < -0.3 is 19.1 Å². The van der Waals surface area contributed by atoms with Crippen molar-refractivity contribution >= 4 is 69.7 Å². The summed E-state index contributed by atoms with van der Waals surface area (Å²) in [5, 5.41) is 0.703. The quantitative estimate of drug-likeness (QED) is 0.426. The van der Waals surface area contributed by atoms with E-state index in [9.17, 15) is 14.4 Å². The number of methoxy groups -OCH3 is 1. The Morgan fingerprint density at radius 1 is 1.11 bits per heavy atom. The molecule has 0 radical (unpaired) electrons. The fraction of sp³-hybridized carbons (Fsp3) is 0.292. The molecule has 36 heavy (non-hydrogen) atoms.